The summed E-state index contributed by atoms with van der Waals surface area (Å²) in [5.74, 6) is 0. The van der Waals surface area contributed by atoms with E-state index in [9.17, 15) is 0 Å². The van der Waals surface area contributed by atoms with Gasteiger partial charge in [0.1, 0.15) is 11.2 Å². The molecule has 0 aliphatic rings. The average molecular weight is 601 g/mol. The molecule has 220 valence electrons. The van der Waals surface area contributed by atoms with Gasteiger partial charge in [-0.15, -0.1) is 0 Å². The van der Waals surface area contributed by atoms with Gasteiger partial charge >= 0.3 is 0 Å². The smallest absolute Gasteiger partial charge is 0.137 e. The first-order valence-electron chi connectivity index (χ1n) is 16.0. The molecule has 0 fully saturated rings. The maximum absolute atomic E-state index is 6.65. The van der Waals surface area contributed by atoms with Crippen LogP contribution in [-0.4, -0.2) is 4.98 Å². The topological polar surface area (TPSA) is 32.2 Å². The highest BCUT2D eigenvalue weighted by Gasteiger charge is 2.17. The summed E-state index contributed by atoms with van der Waals surface area (Å²) in [6.45, 7) is 0. The zero-order chi connectivity index (χ0) is 30.9. The zero-order valence-corrected chi connectivity index (χ0v) is 25.4. The Balaban J connectivity index is 1.13. The van der Waals surface area contributed by atoms with Gasteiger partial charge in [-0.05, 0) is 81.7 Å². The third-order valence-electron chi connectivity index (χ3n) is 9.55. The summed E-state index contributed by atoms with van der Waals surface area (Å²) in [5.41, 5.74) is 9.58. The molecule has 0 atom stereocenters. The lowest BCUT2D eigenvalue weighted by Gasteiger charge is -2.26. The van der Waals surface area contributed by atoms with Crippen molar-refractivity contribution in [1.82, 2.24) is 4.98 Å². The first-order valence-corrected chi connectivity index (χ1v) is 16.0. The van der Waals surface area contributed by atoms with Crippen LogP contribution in [0.15, 0.2) is 168 Å². The van der Waals surface area contributed by atoms with Crippen LogP contribution in [0, 0.1) is 0 Å². The van der Waals surface area contributed by atoms with Crippen molar-refractivity contribution >= 4 is 82.4 Å². The lowest BCUT2D eigenvalue weighted by molar-refractivity contribution is 0.669. The summed E-state index contributed by atoms with van der Waals surface area (Å²) in [6, 6.07) is 58.6. The van der Waals surface area contributed by atoms with Crippen LogP contribution in [0.4, 0.5) is 17.1 Å². The van der Waals surface area contributed by atoms with E-state index in [1.165, 1.54) is 37.9 Å². The minimum absolute atomic E-state index is 0.866. The molecule has 8 aromatic carbocycles. The Bertz CT molecular complexity index is 2740. The van der Waals surface area contributed by atoms with Gasteiger partial charge in [0.15, 0.2) is 0 Å². The third kappa shape index (κ3) is 4.14. The minimum atomic E-state index is 0.866. The molecule has 0 radical (unpaired) electrons. The number of aromatic amines is 1. The van der Waals surface area contributed by atoms with Gasteiger partial charge in [-0.3, -0.25) is 0 Å². The van der Waals surface area contributed by atoms with Crippen molar-refractivity contribution in [1.29, 1.82) is 0 Å². The molecule has 3 heteroatoms. The number of para-hydroxylation sites is 2. The van der Waals surface area contributed by atoms with E-state index in [4.69, 9.17) is 4.42 Å². The maximum atomic E-state index is 6.65. The molecule has 2 heterocycles. The van der Waals surface area contributed by atoms with E-state index in [2.05, 4.69) is 174 Å². The monoisotopic (exact) mass is 600 g/mol. The molecule has 10 rings (SSSR count). The predicted octanol–water partition coefficient (Wildman–Crippen LogP) is 12.7. The van der Waals surface area contributed by atoms with Crippen LogP contribution in [0.2, 0.25) is 0 Å². The lowest BCUT2D eigenvalue weighted by Crippen LogP contribution is -2.09. The van der Waals surface area contributed by atoms with Crippen LogP contribution in [0.5, 0.6) is 0 Å². The van der Waals surface area contributed by atoms with E-state index in [1.807, 2.05) is 0 Å². The Morgan fingerprint density at radius 3 is 1.72 bits per heavy atom. The molecule has 1 N–H and O–H groups in total. The van der Waals surface area contributed by atoms with Crippen LogP contribution in [0.1, 0.15) is 0 Å². The number of aromatic nitrogens is 1. The number of fused-ring (bicyclic) bond motifs is 8. The summed E-state index contributed by atoms with van der Waals surface area (Å²) in [5, 5.41) is 9.55. The van der Waals surface area contributed by atoms with Crippen molar-refractivity contribution in [2.75, 3.05) is 4.90 Å². The molecule has 0 aliphatic heterocycles. The van der Waals surface area contributed by atoms with Crippen LogP contribution < -0.4 is 4.90 Å². The third-order valence-corrected chi connectivity index (χ3v) is 9.55. The molecule has 0 saturated heterocycles. The summed E-state index contributed by atoms with van der Waals surface area (Å²) in [4.78, 5) is 5.98. The second-order valence-electron chi connectivity index (χ2n) is 12.3. The van der Waals surface area contributed by atoms with Crippen molar-refractivity contribution in [3.05, 3.63) is 164 Å². The number of H-pyrrole nitrogens is 1. The van der Waals surface area contributed by atoms with Crippen LogP contribution >= 0.6 is 0 Å². The summed E-state index contributed by atoms with van der Waals surface area (Å²) >= 11 is 0. The fourth-order valence-electron chi connectivity index (χ4n) is 7.26. The molecule has 10 aromatic rings. The SMILES string of the molecule is c1ccc2cc(N(c3ccc4ccccc4c3)c3ccc4c(c3)oc3cc(-c5cccc6c5[nH]c5ccccc56)ccc34)ccc2c1. The highest BCUT2D eigenvalue weighted by atomic mass is 16.3. The standard InChI is InChI=1S/C44H28N2O/c1-3-10-30-24-33(19-16-28(30)8-1)46(34-20-17-29-9-2-4-11-31(29)25-34)35-21-23-39-38-22-18-32(26-42(38)47-43(39)27-35)36-13-7-14-40-37-12-5-6-15-41(37)45-44(36)40/h1-27,45H. The van der Waals surface area contributed by atoms with Crippen molar-refractivity contribution in [3.63, 3.8) is 0 Å². The quantitative estimate of drug-likeness (QED) is 0.218. The highest BCUT2D eigenvalue weighted by Crippen LogP contribution is 2.41. The molecule has 0 spiro atoms. The number of hydrogen-bond acceptors (Lipinski definition) is 2. The van der Waals surface area contributed by atoms with Crippen molar-refractivity contribution in [2.24, 2.45) is 0 Å². The zero-order valence-electron chi connectivity index (χ0n) is 25.4. The second-order valence-corrected chi connectivity index (χ2v) is 12.3. The van der Waals surface area contributed by atoms with Gasteiger partial charge in [-0.25, -0.2) is 0 Å². The Hall–Kier alpha value is -6.32. The van der Waals surface area contributed by atoms with Gasteiger partial charge in [0.25, 0.3) is 0 Å². The summed E-state index contributed by atoms with van der Waals surface area (Å²) in [7, 11) is 0. The van der Waals surface area contributed by atoms with Gasteiger partial charge < -0.3 is 14.3 Å². The van der Waals surface area contributed by atoms with Gasteiger partial charge in [-0.1, -0.05) is 103 Å². The molecule has 0 unspecified atom stereocenters. The molecule has 0 aliphatic carbocycles. The van der Waals surface area contributed by atoms with E-state index in [1.54, 1.807) is 0 Å². The molecular weight excluding hydrogens is 572 g/mol. The van der Waals surface area contributed by atoms with Crippen LogP contribution in [0.3, 0.4) is 0 Å². The lowest BCUT2D eigenvalue weighted by atomic mass is 10.0. The van der Waals surface area contributed by atoms with E-state index < -0.39 is 0 Å². The number of nitrogens with zero attached hydrogens (tertiary/aromatic N) is 1. The maximum Gasteiger partial charge on any atom is 0.137 e. The number of furan rings is 1. The van der Waals surface area contributed by atoms with Crippen LogP contribution in [-0.2, 0) is 0 Å². The predicted molar refractivity (Wildman–Crippen MR) is 198 cm³/mol. The molecule has 0 saturated carbocycles. The normalized spacial score (nSPS) is 11.8. The largest absolute Gasteiger partial charge is 0.456 e. The second kappa shape index (κ2) is 10.1. The van der Waals surface area contributed by atoms with Crippen molar-refractivity contribution < 1.29 is 4.42 Å². The number of anilines is 3. The van der Waals surface area contributed by atoms with E-state index in [0.29, 0.717) is 0 Å². The van der Waals surface area contributed by atoms with Gasteiger partial charge in [-0.2, -0.15) is 0 Å². The van der Waals surface area contributed by atoms with Crippen molar-refractivity contribution in [3.8, 4) is 11.1 Å². The first kappa shape index (κ1) is 26.0. The van der Waals surface area contributed by atoms with E-state index in [-0.39, 0.29) is 0 Å². The summed E-state index contributed by atoms with van der Waals surface area (Å²) in [6.07, 6.45) is 0. The highest BCUT2D eigenvalue weighted by molar-refractivity contribution is 6.13. The fourth-order valence-corrected chi connectivity index (χ4v) is 7.26. The number of benzene rings is 8. The number of rotatable bonds is 4. The van der Waals surface area contributed by atoms with Gasteiger partial charge in [0.05, 0.1) is 5.52 Å². The molecule has 0 amide bonds. The Morgan fingerprint density at radius 1 is 0.404 bits per heavy atom. The Morgan fingerprint density at radius 2 is 0.979 bits per heavy atom. The van der Waals surface area contributed by atoms with Crippen LogP contribution in [0.25, 0.3) is 76.4 Å². The van der Waals surface area contributed by atoms with E-state index in [0.717, 1.165) is 55.6 Å². The van der Waals surface area contributed by atoms with E-state index >= 15 is 0 Å². The van der Waals surface area contributed by atoms with Gasteiger partial charge in [0, 0.05) is 55.8 Å². The van der Waals surface area contributed by atoms with Crippen molar-refractivity contribution in [2.45, 2.75) is 0 Å². The summed E-state index contributed by atoms with van der Waals surface area (Å²) < 4.78 is 6.65. The molecule has 2 aromatic heterocycles. The average Bonchev–Trinajstić information content (AvgIpc) is 3.69. The molecular formula is C44H28N2O. The molecule has 0 bridgehead atoms. The van der Waals surface area contributed by atoms with Gasteiger partial charge in [0.2, 0.25) is 0 Å². The minimum Gasteiger partial charge on any atom is -0.456 e. The fraction of sp³-hybridized carbons (Fsp3) is 0. The Labute approximate surface area is 270 Å². The molecule has 47 heavy (non-hydrogen) atoms. The molecule has 3 nitrogen and oxygen atoms in total. The number of nitrogens with one attached hydrogen (secondary N) is 1. The Kier molecular flexibility index (Phi) is 5.57. The number of hydrogen-bond donors (Lipinski definition) is 1. The first-order chi connectivity index (χ1) is 23.3.